The first-order valence-electron chi connectivity index (χ1n) is 14.5. The van der Waals surface area contributed by atoms with E-state index < -0.39 is 35.4 Å². The summed E-state index contributed by atoms with van der Waals surface area (Å²) >= 11 is 0. The Morgan fingerprint density at radius 2 is 1.18 bits per heavy atom. The summed E-state index contributed by atoms with van der Waals surface area (Å²) in [6, 6.07) is 26.3. The zero-order valence-electron chi connectivity index (χ0n) is 25.8. The average molecular weight is 609 g/mol. The molecule has 0 saturated carbocycles. The van der Waals surface area contributed by atoms with Crippen LogP contribution in [0.1, 0.15) is 45.9 Å². The zero-order valence-corrected chi connectivity index (χ0v) is 25.8. The number of benzene rings is 4. The molecule has 0 spiro atoms. The molecule has 45 heavy (non-hydrogen) atoms. The molecule has 1 heterocycles. The molecule has 1 aliphatic rings. The van der Waals surface area contributed by atoms with E-state index in [1.54, 1.807) is 99.1 Å². The summed E-state index contributed by atoms with van der Waals surface area (Å²) in [6.45, 7) is 3.44. The van der Waals surface area contributed by atoms with E-state index in [1.807, 2.05) is 19.1 Å². The van der Waals surface area contributed by atoms with Crippen molar-refractivity contribution in [1.82, 2.24) is 4.90 Å². The molecule has 0 bridgehead atoms. The average Bonchev–Trinajstić information content (AvgIpc) is 3.35. The fourth-order valence-corrected chi connectivity index (χ4v) is 6.27. The highest BCUT2D eigenvalue weighted by molar-refractivity contribution is 6.03. The molecule has 4 aromatic carbocycles. The Morgan fingerprint density at radius 1 is 0.711 bits per heavy atom. The van der Waals surface area contributed by atoms with E-state index in [-0.39, 0.29) is 5.78 Å². The number of methoxy groups -OCH3 is 3. The number of anilines is 1. The predicted molar refractivity (Wildman–Crippen MR) is 170 cm³/mol. The molecular formula is C36H36N2O7. The van der Waals surface area contributed by atoms with Crippen molar-refractivity contribution in [2.75, 3.05) is 26.6 Å². The quantitative estimate of drug-likeness (QED) is 0.202. The lowest BCUT2D eigenvalue weighted by Gasteiger charge is -2.37. The van der Waals surface area contributed by atoms with Crippen molar-refractivity contribution in [3.05, 3.63) is 119 Å². The van der Waals surface area contributed by atoms with Gasteiger partial charge in [-0.2, -0.15) is 0 Å². The third-order valence-corrected chi connectivity index (χ3v) is 8.65. The number of carbonyl (C=O) groups excluding carboxylic acids is 2. The van der Waals surface area contributed by atoms with Crippen LogP contribution in [0.15, 0.2) is 97.1 Å². The van der Waals surface area contributed by atoms with Crippen LogP contribution in [-0.2, 0) is 4.79 Å². The topological polar surface area (TPSA) is 114 Å². The zero-order chi connectivity index (χ0) is 32.3. The number of nitrogens with one attached hydrogen (secondary N) is 1. The number of hydrogen-bond donors (Lipinski definition) is 2. The van der Waals surface area contributed by atoms with Crippen molar-refractivity contribution in [3.63, 3.8) is 0 Å². The first-order valence-corrected chi connectivity index (χ1v) is 14.5. The fraction of sp³-hybridized carbons (Fsp3) is 0.250. The number of nitrogens with zero attached hydrogens (tertiary/aromatic N) is 1. The number of carbonyl (C=O) groups is 3. The van der Waals surface area contributed by atoms with E-state index in [4.69, 9.17) is 14.2 Å². The lowest BCUT2D eigenvalue weighted by atomic mass is 9.71. The third-order valence-electron chi connectivity index (χ3n) is 8.65. The largest absolute Gasteiger partial charge is 0.497 e. The SMILES string of the molecule is COc1ccc(C(=O)C2C(c3ccc(OC)cc3)N(C(=O)Nc3ccc(C)cc3)C(C)(C(=O)O)C2c2ccc(OC)cc2)cc1. The van der Waals surface area contributed by atoms with Crippen molar-refractivity contribution >= 4 is 23.5 Å². The highest BCUT2D eigenvalue weighted by Gasteiger charge is 2.65. The molecule has 1 aliphatic heterocycles. The van der Waals surface area contributed by atoms with Crippen LogP contribution in [-0.4, -0.2) is 54.7 Å². The smallest absolute Gasteiger partial charge is 0.330 e. The number of rotatable bonds is 9. The van der Waals surface area contributed by atoms with Gasteiger partial charge in [0, 0.05) is 17.2 Å². The number of carboxylic acids is 1. The van der Waals surface area contributed by atoms with Crippen molar-refractivity contribution in [1.29, 1.82) is 0 Å². The molecule has 0 radical (unpaired) electrons. The van der Waals surface area contributed by atoms with Gasteiger partial charge in [-0.15, -0.1) is 0 Å². The molecule has 9 heteroatoms. The van der Waals surface area contributed by atoms with E-state index in [0.29, 0.717) is 39.6 Å². The Bertz CT molecular complexity index is 1670. The van der Waals surface area contributed by atoms with E-state index in [1.165, 1.54) is 18.9 Å². The van der Waals surface area contributed by atoms with Gasteiger partial charge < -0.3 is 24.6 Å². The second kappa shape index (κ2) is 12.7. The number of ketones is 1. The van der Waals surface area contributed by atoms with Crippen LogP contribution in [0.3, 0.4) is 0 Å². The number of aliphatic carboxylic acids is 1. The molecule has 1 fully saturated rings. The van der Waals surface area contributed by atoms with Crippen molar-refractivity contribution < 1.29 is 33.7 Å². The van der Waals surface area contributed by atoms with Gasteiger partial charge in [0.2, 0.25) is 0 Å². The molecule has 4 atom stereocenters. The first kappa shape index (κ1) is 31.1. The number of amides is 2. The lowest BCUT2D eigenvalue weighted by molar-refractivity contribution is -0.148. The van der Waals surface area contributed by atoms with Gasteiger partial charge in [0.15, 0.2) is 5.78 Å². The van der Waals surface area contributed by atoms with Crippen molar-refractivity contribution in [3.8, 4) is 17.2 Å². The standard InChI is InChI=1S/C36H36N2O7/c1-22-6-14-26(15-7-22)37-35(42)38-32(24-10-18-28(44-4)19-11-24)30(33(39)25-12-20-29(45-5)21-13-25)31(36(38,2)34(40)41)23-8-16-27(43-3)17-9-23/h6-21,30-32H,1-5H3,(H,37,42)(H,40,41). The van der Waals surface area contributed by atoms with Crippen LogP contribution in [0, 0.1) is 12.8 Å². The molecule has 0 aliphatic carbocycles. The van der Waals surface area contributed by atoms with Gasteiger partial charge >= 0.3 is 12.0 Å². The lowest BCUT2D eigenvalue weighted by Crippen LogP contribution is -2.55. The van der Waals surface area contributed by atoms with Crippen LogP contribution in [0.25, 0.3) is 0 Å². The Morgan fingerprint density at radius 3 is 1.64 bits per heavy atom. The maximum absolute atomic E-state index is 14.7. The molecule has 2 amide bonds. The fourth-order valence-electron chi connectivity index (χ4n) is 6.27. The third kappa shape index (κ3) is 5.81. The summed E-state index contributed by atoms with van der Waals surface area (Å²) in [6.07, 6.45) is 0. The molecule has 0 aromatic heterocycles. The summed E-state index contributed by atoms with van der Waals surface area (Å²) < 4.78 is 16.0. The monoisotopic (exact) mass is 608 g/mol. The number of urea groups is 1. The number of ether oxygens (including phenoxy) is 3. The number of Topliss-reactive ketones (excluding diaryl/α,β-unsaturated/α-hetero) is 1. The minimum Gasteiger partial charge on any atom is -0.497 e. The van der Waals surface area contributed by atoms with E-state index in [0.717, 1.165) is 5.56 Å². The van der Waals surface area contributed by atoms with Crippen molar-refractivity contribution in [2.24, 2.45) is 5.92 Å². The number of likely N-dealkylation sites (tertiary alicyclic amines) is 1. The summed E-state index contributed by atoms with van der Waals surface area (Å²) in [5, 5.41) is 13.9. The van der Waals surface area contributed by atoms with Crippen LogP contribution < -0.4 is 19.5 Å². The van der Waals surface area contributed by atoms with Gasteiger partial charge in [-0.3, -0.25) is 9.69 Å². The molecule has 232 valence electrons. The number of carboxylic acid groups (broad SMARTS) is 1. The highest BCUT2D eigenvalue weighted by atomic mass is 16.5. The Kier molecular flexibility index (Phi) is 8.81. The predicted octanol–water partition coefficient (Wildman–Crippen LogP) is 6.74. The van der Waals surface area contributed by atoms with Crippen LogP contribution in [0.2, 0.25) is 0 Å². The molecule has 2 N–H and O–H groups in total. The highest BCUT2D eigenvalue weighted by Crippen LogP contribution is 2.57. The maximum atomic E-state index is 14.7. The maximum Gasteiger partial charge on any atom is 0.330 e. The summed E-state index contributed by atoms with van der Waals surface area (Å²) in [5.41, 5.74) is 1.18. The van der Waals surface area contributed by atoms with Crippen LogP contribution in [0.4, 0.5) is 10.5 Å². The van der Waals surface area contributed by atoms with Crippen molar-refractivity contribution in [2.45, 2.75) is 31.3 Å². The molecule has 4 aromatic rings. The van der Waals surface area contributed by atoms with Gasteiger partial charge in [-0.25, -0.2) is 9.59 Å². The van der Waals surface area contributed by atoms with Gasteiger partial charge in [-0.1, -0.05) is 42.0 Å². The summed E-state index contributed by atoms with van der Waals surface area (Å²) in [7, 11) is 4.62. The Balaban J connectivity index is 1.75. The normalized spacial score (nSPS) is 20.7. The second-order valence-corrected chi connectivity index (χ2v) is 11.2. The summed E-state index contributed by atoms with van der Waals surface area (Å²) in [5.74, 6) is -1.77. The minimum absolute atomic E-state index is 0.308. The van der Waals surface area contributed by atoms with Crippen LogP contribution in [0.5, 0.6) is 17.2 Å². The van der Waals surface area contributed by atoms with E-state index in [2.05, 4.69) is 5.32 Å². The van der Waals surface area contributed by atoms with Gasteiger partial charge in [-0.05, 0) is 85.6 Å². The minimum atomic E-state index is -1.86. The second-order valence-electron chi connectivity index (χ2n) is 11.2. The molecule has 9 nitrogen and oxygen atoms in total. The van der Waals surface area contributed by atoms with Gasteiger partial charge in [0.25, 0.3) is 0 Å². The molecular weight excluding hydrogens is 572 g/mol. The van der Waals surface area contributed by atoms with E-state index in [9.17, 15) is 19.5 Å². The first-order chi connectivity index (χ1) is 21.6. The molecule has 4 unspecified atom stereocenters. The molecule has 1 saturated heterocycles. The Hall–Kier alpha value is -5.31. The summed E-state index contributed by atoms with van der Waals surface area (Å²) in [4.78, 5) is 43.9. The number of hydrogen-bond acceptors (Lipinski definition) is 6. The van der Waals surface area contributed by atoms with Gasteiger partial charge in [0.05, 0.1) is 33.3 Å². The van der Waals surface area contributed by atoms with Gasteiger partial charge in [0.1, 0.15) is 22.8 Å². The van der Waals surface area contributed by atoms with Crippen LogP contribution >= 0.6 is 0 Å². The number of aryl methyl sites for hydroxylation is 1. The van der Waals surface area contributed by atoms with E-state index >= 15 is 0 Å². The molecule has 5 rings (SSSR count). The Labute approximate surface area is 262 Å².